The Morgan fingerprint density at radius 2 is 1.32 bits per heavy atom. The average molecular weight is 330 g/mol. The van der Waals surface area contributed by atoms with Crippen LogP contribution in [0, 0.1) is 0 Å². The number of aliphatic hydroxyl groups is 1. The Hall–Kier alpha value is -2.39. The van der Waals surface area contributed by atoms with Crippen molar-refractivity contribution in [3.05, 3.63) is 35.9 Å². The predicted molar refractivity (Wildman–Crippen MR) is 76.8 cm³/mol. The number of rotatable bonds is 6. The minimum absolute atomic E-state index is 0.185. The molecule has 0 radical (unpaired) electrons. The van der Waals surface area contributed by atoms with Crippen LogP contribution < -0.4 is 0 Å². The molecule has 0 spiro atoms. The van der Waals surface area contributed by atoms with E-state index < -0.39 is 36.4 Å². The van der Waals surface area contributed by atoms with E-state index >= 15 is 0 Å². The van der Waals surface area contributed by atoms with Gasteiger partial charge in [-0.25, -0.2) is 4.79 Å². The summed E-state index contributed by atoms with van der Waals surface area (Å²) in [5.74, 6) is -5.02. The van der Waals surface area contributed by atoms with Crippen LogP contribution >= 0.6 is 12.6 Å². The van der Waals surface area contributed by atoms with Crippen LogP contribution in [0.2, 0.25) is 0 Å². The SMILES string of the molecule is O=C(O)CC(O)(CC(=O)O)C(=O)O.O=C(S)c1ccccc1. The van der Waals surface area contributed by atoms with Crippen LogP contribution in [0.25, 0.3) is 0 Å². The minimum Gasteiger partial charge on any atom is -0.481 e. The summed E-state index contributed by atoms with van der Waals surface area (Å²) < 4.78 is 0. The van der Waals surface area contributed by atoms with Gasteiger partial charge >= 0.3 is 17.9 Å². The Kier molecular flexibility index (Phi) is 7.84. The number of carbonyl (C=O) groups excluding carboxylic acids is 1. The molecule has 1 aromatic carbocycles. The summed E-state index contributed by atoms with van der Waals surface area (Å²) in [4.78, 5) is 41.0. The number of thiol groups is 1. The standard InChI is InChI=1S/C7H6OS.C6H8O7/c8-7(9)6-4-2-1-3-5-6;7-3(8)1-6(13,5(11)12)2-4(9)10/h1-5H,(H,8,9);13H,1-2H2,(H,7,8)(H,9,10)(H,11,12). The Morgan fingerprint density at radius 1 is 0.909 bits per heavy atom. The minimum atomic E-state index is -2.74. The molecule has 8 nitrogen and oxygen atoms in total. The summed E-state index contributed by atoms with van der Waals surface area (Å²) in [7, 11) is 0. The molecule has 4 N–H and O–H groups in total. The summed E-state index contributed by atoms with van der Waals surface area (Å²) in [6, 6.07) is 8.94. The zero-order chi connectivity index (χ0) is 17.3. The molecule has 120 valence electrons. The Bertz CT molecular complexity index is 538. The molecule has 0 aliphatic heterocycles. The van der Waals surface area contributed by atoms with Crippen molar-refractivity contribution in [3.8, 4) is 0 Å². The van der Waals surface area contributed by atoms with Gasteiger partial charge in [-0.2, -0.15) is 0 Å². The van der Waals surface area contributed by atoms with Crippen molar-refractivity contribution < 1.29 is 39.6 Å². The third kappa shape index (κ3) is 7.41. The molecule has 1 aromatic rings. The molecule has 0 aromatic heterocycles. The van der Waals surface area contributed by atoms with E-state index in [-0.39, 0.29) is 5.12 Å². The van der Waals surface area contributed by atoms with E-state index in [1.54, 1.807) is 12.1 Å². The van der Waals surface area contributed by atoms with Crippen LogP contribution in [0.15, 0.2) is 30.3 Å². The van der Waals surface area contributed by atoms with Crippen LogP contribution in [-0.2, 0) is 14.4 Å². The molecule has 0 bridgehead atoms. The maximum Gasteiger partial charge on any atom is 0.336 e. The zero-order valence-corrected chi connectivity index (χ0v) is 12.1. The van der Waals surface area contributed by atoms with Crippen molar-refractivity contribution in [2.45, 2.75) is 18.4 Å². The quantitative estimate of drug-likeness (QED) is 0.474. The molecule has 0 amide bonds. The third-order valence-electron chi connectivity index (χ3n) is 2.31. The van der Waals surface area contributed by atoms with Gasteiger partial charge in [-0.3, -0.25) is 14.4 Å². The molecule has 22 heavy (non-hydrogen) atoms. The highest BCUT2D eigenvalue weighted by Gasteiger charge is 2.40. The first-order valence-corrected chi connectivity index (χ1v) is 6.21. The number of benzene rings is 1. The number of aliphatic carboxylic acids is 3. The van der Waals surface area contributed by atoms with Crippen LogP contribution in [0.3, 0.4) is 0 Å². The Labute approximate surface area is 130 Å². The van der Waals surface area contributed by atoms with Gasteiger partial charge in [-0.1, -0.05) is 30.3 Å². The lowest BCUT2D eigenvalue weighted by molar-refractivity contribution is -0.170. The van der Waals surface area contributed by atoms with Crippen LogP contribution in [0.4, 0.5) is 0 Å². The van der Waals surface area contributed by atoms with E-state index in [1.165, 1.54) is 0 Å². The van der Waals surface area contributed by atoms with E-state index in [0.717, 1.165) is 0 Å². The summed E-state index contributed by atoms with van der Waals surface area (Å²) in [5, 5.41) is 33.6. The predicted octanol–water partition coefficient (Wildman–Crippen LogP) is 0.508. The highest BCUT2D eigenvalue weighted by atomic mass is 32.1. The molecule has 0 saturated carbocycles. The van der Waals surface area contributed by atoms with Gasteiger partial charge in [-0.15, -0.1) is 12.6 Å². The second kappa shape index (κ2) is 8.80. The molecule has 0 fully saturated rings. The monoisotopic (exact) mass is 330 g/mol. The maximum absolute atomic E-state index is 10.5. The van der Waals surface area contributed by atoms with Gasteiger partial charge in [0.1, 0.15) is 0 Å². The molecule has 9 heteroatoms. The van der Waals surface area contributed by atoms with E-state index in [9.17, 15) is 19.2 Å². The maximum atomic E-state index is 10.5. The van der Waals surface area contributed by atoms with E-state index in [2.05, 4.69) is 12.6 Å². The van der Waals surface area contributed by atoms with Crippen LogP contribution in [0.5, 0.6) is 0 Å². The lowest BCUT2D eigenvalue weighted by Crippen LogP contribution is -2.42. The fraction of sp³-hybridized carbons (Fsp3) is 0.231. The van der Waals surface area contributed by atoms with Gasteiger partial charge in [0.05, 0.1) is 12.8 Å². The third-order valence-corrected chi connectivity index (χ3v) is 2.56. The van der Waals surface area contributed by atoms with Crippen LogP contribution in [0.1, 0.15) is 23.2 Å². The average Bonchev–Trinajstić information content (AvgIpc) is 2.38. The fourth-order valence-electron chi connectivity index (χ4n) is 1.29. The van der Waals surface area contributed by atoms with Gasteiger partial charge in [0.25, 0.3) is 0 Å². The summed E-state index contributed by atoms with van der Waals surface area (Å²) >= 11 is 3.65. The molecule has 0 unspecified atom stereocenters. The number of hydrogen-bond donors (Lipinski definition) is 5. The largest absolute Gasteiger partial charge is 0.481 e. The molecule has 0 heterocycles. The second-order valence-corrected chi connectivity index (χ2v) is 4.56. The van der Waals surface area contributed by atoms with Crippen molar-refractivity contribution in [2.24, 2.45) is 0 Å². The van der Waals surface area contributed by atoms with Crippen molar-refractivity contribution in [3.63, 3.8) is 0 Å². The van der Waals surface area contributed by atoms with E-state index in [1.807, 2.05) is 18.2 Å². The highest BCUT2D eigenvalue weighted by molar-refractivity contribution is 7.97. The molecular weight excluding hydrogens is 316 g/mol. The smallest absolute Gasteiger partial charge is 0.336 e. The number of carbonyl (C=O) groups is 4. The Balaban J connectivity index is 0.000000425. The molecule has 0 aliphatic rings. The van der Waals surface area contributed by atoms with Crippen LogP contribution in [-0.4, -0.2) is 49.1 Å². The van der Waals surface area contributed by atoms with Crippen molar-refractivity contribution in [2.75, 3.05) is 0 Å². The first-order valence-electron chi connectivity index (χ1n) is 5.76. The van der Waals surface area contributed by atoms with Gasteiger partial charge < -0.3 is 20.4 Å². The number of carboxylic acids is 3. The van der Waals surface area contributed by atoms with Gasteiger partial charge in [0.15, 0.2) is 5.60 Å². The van der Waals surface area contributed by atoms with E-state index in [0.29, 0.717) is 5.56 Å². The summed E-state index contributed by atoms with van der Waals surface area (Å²) in [6.07, 6.45) is -2.29. The van der Waals surface area contributed by atoms with Crippen molar-refractivity contribution >= 4 is 35.7 Å². The second-order valence-electron chi connectivity index (χ2n) is 4.15. The lowest BCUT2D eigenvalue weighted by Gasteiger charge is -2.18. The van der Waals surface area contributed by atoms with Gasteiger partial charge in [-0.05, 0) is 0 Å². The fourth-order valence-corrected chi connectivity index (χ4v) is 1.44. The van der Waals surface area contributed by atoms with E-state index in [4.69, 9.17) is 20.4 Å². The zero-order valence-electron chi connectivity index (χ0n) is 11.2. The molecule has 1 rings (SSSR count). The van der Waals surface area contributed by atoms with Gasteiger partial charge in [0.2, 0.25) is 5.12 Å². The summed E-state index contributed by atoms with van der Waals surface area (Å²) in [5.41, 5.74) is -2.10. The van der Waals surface area contributed by atoms with Gasteiger partial charge in [0, 0.05) is 5.56 Å². The topological polar surface area (TPSA) is 149 Å². The number of carboxylic acid groups (broad SMARTS) is 3. The highest BCUT2D eigenvalue weighted by Crippen LogP contribution is 2.15. The Morgan fingerprint density at radius 3 is 1.55 bits per heavy atom. The van der Waals surface area contributed by atoms with Crippen molar-refractivity contribution in [1.82, 2.24) is 0 Å². The first kappa shape index (κ1) is 19.6. The normalized spacial score (nSPS) is 10.1. The molecule has 0 saturated heterocycles. The van der Waals surface area contributed by atoms with Crippen molar-refractivity contribution in [1.29, 1.82) is 0 Å². The molecular formula is C13H14O8S. The molecule has 0 atom stereocenters. The molecule has 0 aliphatic carbocycles. The summed E-state index contributed by atoms with van der Waals surface area (Å²) in [6.45, 7) is 0. The lowest BCUT2D eigenvalue weighted by atomic mass is 9.96. The number of hydrogen-bond acceptors (Lipinski definition) is 5. The first-order chi connectivity index (χ1) is 10.1.